The SMILES string of the molecule is O=C(CCCSc1ccc(Cl)cc1)N1CC[C@@H](O)C1. The summed E-state index contributed by atoms with van der Waals surface area (Å²) in [6.45, 7) is 1.20. The first-order chi connectivity index (χ1) is 9.15. The molecule has 0 bridgehead atoms. The average molecular weight is 300 g/mol. The Hall–Kier alpha value is -0.710. The predicted octanol–water partition coefficient (Wildman–Crippen LogP) is 2.81. The van der Waals surface area contributed by atoms with Crippen molar-refractivity contribution in [1.29, 1.82) is 0 Å². The van der Waals surface area contributed by atoms with E-state index in [1.165, 1.54) is 4.90 Å². The number of carbonyl (C=O) groups is 1. The molecule has 19 heavy (non-hydrogen) atoms. The summed E-state index contributed by atoms with van der Waals surface area (Å²) in [6.07, 6.45) is 1.81. The zero-order valence-electron chi connectivity index (χ0n) is 10.7. The van der Waals surface area contributed by atoms with E-state index in [9.17, 15) is 9.90 Å². The van der Waals surface area contributed by atoms with Crippen LogP contribution in [0.4, 0.5) is 0 Å². The van der Waals surface area contributed by atoms with E-state index in [-0.39, 0.29) is 12.0 Å². The standard InChI is InChI=1S/C14H18ClNO2S/c15-11-3-5-13(6-4-11)19-9-1-2-14(18)16-8-7-12(17)10-16/h3-6,12,17H,1-2,7-10H2/t12-/m1/s1. The fourth-order valence-corrected chi connectivity index (χ4v) is 3.05. The van der Waals surface area contributed by atoms with E-state index in [2.05, 4.69) is 0 Å². The molecule has 1 fully saturated rings. The maximum absolute atomic E-state index is 11.8. The zero-order valence-corrected chi connectivity index (χ0v) is 12.3. The van der Waals surface area contributed by atoms with Crippen LogP contribution >= 0.6 is 23.4 Å². The van der Waals surface area contributed by atoms with E-state index in [0.717, 1.165) is 17.2 Å². The second kappa shape index (κ2) is 7.17. The lowest BCUT2D eigenvalue weighted by Gasteiger charge is -2.15. The van der Waals surface area contributed by atoms with Crippen LogP contribution in [0.15, 0.2) is 29.2 Å². The third-order valence-electron chi connectivity index (χ3n) is 3.13. The van der Waals surface area contributed by atoms with Crippen molar-refractivity contribution >= 4 is 29.3 Å². The minimum atomic E-state index is -0.326. The van der Waals surface area contributed by atoms with Crippen LogP contribution in [0.1, 0.15) is 19.3 Å². The van der Waals surface area contributed by atoms with Crippen molar-refractivity contribution in [2.45, 2.75) is 30.3 Å². The average Bonchev–Trinajstić information content (AvgIpc) is 2.83. The Bertz CT molecular complexity index is 424. The molecule has 1 atom stereocenters. The second-order valence-corrected chi connectivity index (χ2v) is 6.29. The first-order valence-electron chi connectivity index (χ1n) is 6.49. The number of aliphatic hydroxyl groups is 1. The van der Waals surface area contributed by atoms with Crippen molar-refractivity contribution in [2.24, 2.45) is 0 Å². The molecule has 1 aliphatic heterocycles. The minimum absolute atomic E-state index is 0.160. The summed E-state index contributed by atoms with van der Waals surface area (Å²) >= 11 is 7.55. The molecular weight excluding hydrogens is 282 g/mol. The molecule has 0 aromatic heterocycles. The van der Waals surface area contributed by atoms with Gasteiger partial charge in [0.05, 0.1) is 6.10 Å². The number of thioether (sulfide) groups is 1. The molecule has 1 heterocycles. The summed E-state index contributed by atoms with van der Waals surface area (Å²) < 4.78 is 0. The van der Waals surface area contributed by atoms with Gasteiger partial charge in [0.25, 0.3) is 0 Å². The van der Waals surface area contributed by atoms with Gasteiger partial charge in [0.1, 0.15) is 0 Å². The van der Waals surface area contributed by atoms with E-state index in [1.54, 1.807) is 16.7 Å². The summed E-state index contributed by atoms with van der Waals surface area (Å²) in [5.41, 5.74) is 0. The highest BCUT2D eigenvalue weighted by Gasteiger charge is 2.23. The maximum atomic E-state index is 11.8. The molecule has 0 aliphatic carbocycles. The van der Waals surface area contributed by atoms with Gasteiger partial charge in [-0.05, 0) is 42.9 Å². The van der Waals surface area contributed by atoms with E-state index >= 15 is 0 Å². The number of aliphatic hydroxyl groups excluding tert-OH is 1. The monoisotopic (exact) mass is 299 g/mol. The molecule has 0 unspecified atom stereocenters. The van der Waals surface area contributed by atoms with Crippen LogP contribution in [0.5, 0.6) is 0 Å². The minimum Gasteiger partial charge on any atom is -0.391 e. The molecular formula is C14H18ClNO2S. The molecule has 1 N–H and O–H groups in total. The molecule has 1 saturated heterocycles. The third kappa shape index (κ3) is 4.71. The Morgan fingerprint density at radius 2 is 2.16 bits per heavy atom. The highest BCUT2D eigenvalue weighted by atomic mass is 35.5. The van der Waals surface area contributed by atoms with E-state index in [4.69, 9.17) is 11.6 Å². The van der Waals surface area contributed by atoms with Crippen LogP contribution in [-0.4, -0.2) is 40.9 Å². The van der Waals surface area contributed by atoms with Gasteiger partial charge in [-0.25, -0.2) is 0 Å². The largest absolute Gasteiger partial charge is 0.391 e. The molecule has 1 amide bonds. The summed E-state index contributed by atoms with van der Waals surface area (Å²) in [6, 6.07) is 7.73. The van der Waals surface area contributed by atoms with E-state index in [0.29, 0.717) is 25.9 Å². The first-order valence-corrected chi connectivity index (χ1v) is 7.86. The zero-order chi connectivity index (χ0) is 13.7. The summed E-state index contributed by atoms with van der Waals surface area (Å²) in [7, 11) is 0. The van der Waals surface area contributed by atoms with Crippen molar-refractivity contribution < 1.29 is 9.90 Å². The lowest BCUT2D eigenvalue weighted by atomic mass is 10.3. The summed E-state index contributed by atoms with van der Waals surface area (Å²) in [5.74, 6) is 1.08. The van der Waals surface area contributed by atoms with Gasteiger partial charge in [-0.1, -0.05) is 11.6 Å². The topological polar surface area (TPSA) is 40.5 Å². The van der Waals surface area contributed by atoms with Crippen molar-refractivity contribution in [3.05, 3.63) is 29.3 Å². The number of hydrogen-bond donors (Lipinski definition) is 1. The van der Waals surface area contributed by atoms with E-state index in [1.807, 2.05) is 24.3 Å². The third-order valence-corrected chi connectivity index (χ3v) is 4.48. The lowest BCUT2D eigenvalue weighted by molar-refractivity contribution is -0.130. The summed E-state index contributed by atoms with van der Waals surface area (Å²) in [4.78, 5) is 14.8. The highest BCUT2D eigenvalue weighted by Crippen LogP contribution is 2.21. The van der Waals surface area contributed by atoms with Crippen LogP contribution < -0.4 is 0 Å². The second-order valence-electron chi connectivity index (χ2n) is 4.69. The van der Waals surface area contributed by atoms with Crippen molar-refractivity contribution in [3.8, 4) is 0 Å². The van der Waals surface area contributed by atoms with Crippen LogP contribution in [0.2, 0.25) is 5.02 Å². The molecule has 0 spiro atoms. The van der Waals surface area contributed by atoms with Crippen LogP contribution in [0.3, 0.4) is 0 Å². The Morgan fingerprint density at radius 3 is 2.79 bits per heavy atom. The lowest BCUT2D eigenvalue weighted by Crippen LogP contribution is -2.29. The van der Waals surface area contributed by atoms with Crippen molar-refractivity contribution in [2.75, 3.05) is 18.8 Å². The number of nitrogens with zero attached hydrogens (tertiary/aromatic N) is 1. The fourth-order valence-electron chi connectivity index (χ4n) is 2.07. The quantitative estimate of drug-likeness (QED) is 0.671. The highest BCUT2D eigenvalue weighted by molar-refractivity contribution is 7.99. The van der Waals surface area contributed by atoms with Gasteiger partial charge in [-0.3, -0.25) is 4.79 Å². The Balaban J connectivity index is 1.64. The Morgan fingerprint density at radius 1 is 1.42 bits per heavy atom. The van der Waals surface area contributed by atoms with Gasteiger partial charge < -0.3 is 10.0 Å². The number of halogens is 1. The number of benzene rings is 1. The molecule has 1 aliphatic rings. The molecule has 1 aromatic rings. The molecule has 1 aromatic carbocycles. The van der Waals surface area contributed by atoms with Crippen molar-refractivity contribution in [1.82, 2.24) is 4.90 Å². The van der Waals surface area contributed by atoms with Gasteiger partial charge >= 0.3 is 0 Å². The number of amides is 1. The molecule has 104 valence electrons. The fraction of sp³-hybridized carbons (Fsp3) is 0.500. The van der Waals surface area contributed by atoms with Crippen LogP contribution in [-0.2, 0) is 4.79 Å². The normalized spacial score (nSPS) is 18.8. The molecule has 5 heteroatoms. The number of rotatable bonds is 5. The molecule has 0 saturated carbocycles. The number of carbonyl (C=O) groups excluding carboxylic acids is 1. The van der Waals surface area contributed by atoms with Gasteiger partial charge in [-0.2, -0.15) is 0 Å². The van der Waals surface area contributed by atoms with Crippen LogP contribution in [0.25, 0.3) is 0 Å². The number of β-amino-alcohol motifs (C(OH)–C–C–N with tert-alkyl or cyclic N) is 1. The van der Waals surface area contributed by atoms with E-state index < -0.39 is 0 Å². The van der Waals surface area contributed by atoms with Gasteiger partial charge in [0.2, 0.25) is 5.91 Å². The number of hydrogen-bond acceptors (Lipinski definition) is 3. The van der Waals surface area contributed by atoms with Gasteiger partial charge in [-0.15, -0.1) is 11.8 Å². The first kappa shape index (κ1) is 14.7. The number of likely N-dealkylation sites (tertiary alicyclic amines) is 1. The Kier molecular flexibility index (Phi) is 5.55. The van der Waals surface area contributed by atoms with Crippen molar-refractivity contribution in [3.63, 3.8) is 0 Å². The molecule has 0 radical (unpaired) electrons. The predicted molar refractivity (Wildman–Crippen MR) is 78.6 cm³/mol. The van der Waals surface area contributed by atoms with Crippen LogP contribution in [0, 0.1) is 0 Å². The molecule has 3 nitrogen and oxygen atoms in total. The Labute approximate surface area is 122 Å². The maximum Gasteiger partial charge on any atom is 0.222 e. The molecule has 2 rings (SSSR count). The van der Waals surface area contributed by atoms with Gasteiger partial charge in [0.15, 0.2) is 0 Å². The smallest absolute Gasteiger partial charge is 0.222 e. The summed E-state index contributed by atoms with van der Waals surface area (Å²) in [5, 5.41) is 10.1. The van der Waals surface area contributed by atoms with Gasteiger partial charge in [0, 0.05) is 29.4 Å².